The average Bonchev–Trinajstić information content (AvgIpc) is 2.91. The quantitative estimate of drug-likeness (QED) is 0.732. The van der Waals surface area contributed by atoms with Crippen molar-refractivity contribution in [2.75, 3.05) is 5.32 Å². The minimum absolute atomic E-state index is 0.188. The fourth-order valence-electron chi connectivity index (χ4n) is 1.91. The lowest BCUT2D eigenvalue weighted by molar-refractivity contribution is 0.619. The predicted molar refractivity (Wildman–Crippen MR) is 82.0 cm³/mol. The normalized spacial score (nSPS) is 10.5. The predicted octanol–water partition coefficient (Wildman–Crippen LogP) is 5.00. The Morgan fingerprint density at radius 2 is 1.90 bits per heavy atom. The number of aryl methyl sites for hydroxylation is 1. The van der Waals surface area contributed by atoms with Crippen molar-refractivity contribution >= 4 is 22.2 Å². The molecule has 100 valence electrons. The second kappa shape index (κ2) is 5.43. The van der Waals surface area contributed by atoms with E-state index in [0.717, 1.165) is 22.1 Å². The van der Waals surface area contributed by atoms with Crippen molar-refractivity contribution in [1.82, 2.24) is 4.98 Å². The number of benzene rings is 2. The summed E-state index contributed by atoms with van der Waals surface area (Å²) < 4.78 is 13.3. The molecule has 0 atom stereocenters. The Morgan fingerprint density at radius 1 is 1.10 bits per heavy atom. The molecular weight excluding hydrogens is 271 g/mol. The molecule has 0 saturated heterocycles. The molecule has 3 aromatic rings. The summed E-state index contributed by atoms with van der Waals surface area (Å²) in [5.41, 5.74) is 3.43. The second-order valence-corrected chi connectivity index (χ2v) is 5.35. The van der Waals surface area contributed by atoms with Crippen molar-refractivity contribution in [3.63, 3.8) is 0 Å². The van der Waals surface area contributed by atoms with Crippen LogP contribution in [0.2, 0.25) is 0 Å². The molecule has 0 aliphatic heterocycles. The maximum absolute atomic E-state index is 13.3. The molecule has 0 aliphatic rings. The maximum atomic E-state index is 13.3. The SMILES string of the molecule is Cc1cc(-c2csc(Nc3ccccc3)n2)ccc1F. The third-order valence-electron chi connectivity index (χ3n) is 2.98. The van der Waals surface area contributed by atoms with Gasteiger partial charge in [-0.05, 0) is 42.8 Å². The van der Waals surface area contributed by atoms with Gasteiger partial charge in [0.25, 0.3) is 0 Å². The van der Waals surface area contributed by atoms with Gasteiger partial charge in [-0.3, -0.25) is 0 Å². The average molecular weight is 284 g/mol. The molecule has 2 nitrogen and oxygen atoms in total. The van der Waals surface area contributed by atoms with Gasteiger partial charge in [-0.15, -0.1) is 11.3 Å². The Balaban J connectivity index is 1.84. The molecule has 0 aliphatic carbocycles. The molecule has 0 amide bonds. The molecule has 0 saturated carbocycles. The van der Waals surface area contributed by atoms with E-state index in [1.54, 1.807) is 13.0 Å². The summed E-state index contributed by atoms with van der Waals surface area (Å²) in [4.78, 5) is 4.53. The number of anilines is 2. The second-order valence-electron chi connectivity index (χ2n) is 4.49. The summed E-state index contributed by atoms with van der Waals surface area (Å²) in [6.45, 7) is 1.76. The van der Waals surface area contributed by atoms with Gasteiger partial charge in [-0.2, -0.15) is 0 Å². The monoisotopic (exact) mass is 284 g/mol. The first kappa shape index (κ1) is 12.8. The molecule has 0 unspecified atom stereocenters. The Bertz CT molecular complexity index is 722. The number of para-hydroxylation sites is 1. The summed E-state index contributed by atoms with van der Waals surface area (Å²) >= 11 is 1.53. The Kier molecular flexibility index (Phi) is 3.48. The van der Waals surface area contributed by atoms with Gasteiger partial charge >= 0.3 is 0 Å². The highest BCUT2D eigenvalue weighted by Crippen LogP contribution is 2.28. The Hall–Kier alpha value is -2.20. The molecule has 2 aromatic carbocycles. The largest absolute Gasteiger partial charge is 0.332 e. The van der Waals surface area contributed by atoms with Gasteiger partial charge in [0.2, 0.25) is 0 Å². The van der Waals surface area contributed by atoms with Gasteiger partial charge in [-0.25, -0.2) is 9.37 Å². The van der Waals surface area contributed by atoms with Gasteiger partial charge in [-0.1, -0.05) is 18.2 Å². The van der Waals surface area contributed by atoms with E-state index in [4.69, 9.17) is 0 Å². The highest BCUT2D eigenvalue weighted by Gasteiger charge is 2.06. The molecule has 0 spiro atoms. The van der Waals surface area contributed by atoms with Crippen molar-refractivity contribution in [3.05, 3.63) is 65.3 Å². The Morgan fingerprint density at radius 3 is 2.65 bits per heavy atom. The fraction of sp³-hybridized carbons (Fsp3) is 0.0625. The molecule has 1 aromatic heterocycles. The number of nitrogens with one attached hydrogen (secondary N) is 1. The number of nitrogens with zero attached hydrogens (tertiary/aromatic N) is 1. The lowest BCUT2D eigenvalue weighted by atomic mass is 10.1. The smallest absolute Gasteiger partial charge is 0.187 e. The number of aromatic nitrogens is 1. The van der Waals surface area contributed by atoms with Crippen LogP contribution in [-0.4, -0.2) is 4.98 Å². The molecule has 4 heteroatoms. The zero-order valence-electron chi connectivity index (χ0n) is 10.9. The van der Waals surface area contributed by atoms with Crippen molar-refractivity contribution in [3.8, 4) is 11.3 Å². The van der Waals surface area contributed by atoms with Crippen LogP contribution in [0.15, 0.2) is 53.9 Å². The van der Waals surface area contributed by atoms with E-state index in [1.165, 1.54) is 17.4 Å². The Labute approximate surface area is 120 Å². The fourth-order valence-corrected chi connectivity index (χ4v) is 2.65. The molecule has 3 rings (SSSR count). The van der Waals surface area contributed by atoms with Crippen molar-refractivity contribution in [2.45, 2.75) is 6.92 Å². The molecule has 0 bridgehead atoms. The van der Waals surface area contributed by atoms with Gasteiger partial charge in [0.05, 0.1) is 5.69 Å². The van der Waals surface area contributed by atoms with Gasteiger partial charge in [0.1, 0.15) is 5.82 Å². The number of halogens is 1. The van der Waals surface area contributed by atoms with Crippen LogP contribution in [-0.2, 0) is 0 Å². The molecule has 20 heavy (non-hydrogen) atoms. The van der Waals surface area contributed by atoms with Gasteiger partial charge < -0.3 is 5.32 Å². The molecular formula is C16H13FN2S. The minimum atomic E-state index is -0.188. The van der Waals surface area contributed by atoms with Crippen LogP contribution >= 0.6 is 11.3 Å². The lowest BCUT2D eigenvalue weighted by Gasteiger charge is -2.02. The third kappa shape index (κ3) is 2.70. The lowest BCUT2D eigenvalue weighted by Crippen LogP contribution is -1.89. The molecule has 1 N–H and O–H groups in total. The first-order valence-corrected chi connectivity index (χ1v) is 7.14. The highest BCUT2D eigenvalue weighted by molar-refractivity contribution is 7.14. The summed E-state index contributed by atoms with van der Waals surface area (Å²) in [6, 6.07) is 14.9. The highest BCUT2D eigenvalue weighted by atomic mass is 32.1. The van der Waals surface area contributed by atoms with Gasteiger partial charge in [0.15, 0.2) is 5.13 Å². The third-order valence-corrected chi connectivity index (χ3v) is 3.74. The standard InChI is InChI=1S/C16H13FN2S/c1-11-9-12(7-8-14(11)17)15-10-20-16(19-15)18-13-5-3-2-4-6-13/h2-10H,1H3,(H,18,19). The van der Waals surface area contributed by atoms with E-state index in [0.29, 0.717) is 5.56 Å². The molecule has 0 fully saturated rings. The topological polar surface area (TPSA) is 24.9 Å². The first-order valence-electron chi connectivity index (χ1n) is 6.26. The number of thiazole rings is 1. The number of hydrogen-bond donors (Lipinski definition) is 1. The van der Waals surface area contributed by atoms with E-state index < -0.39 is 0 Å². The van der Waals surface area contributed by atoms with Crippen LogP contribution in [0.5, 0.6) is 0 Å². The van der Waals surface area contributed by atoms with E-state index in [-0.39, 0.29) is 5.82 Å². The summed E-state index contributed by atoms with van der Waals surface area (Å²) in [6.07, 6.45) is 0. The summed E-state index contributed by atoms with van der Waals surface area (Å²) in [7, 11) is 0. The zero-order chi connectivity index (χ0) is 13.9. The van der Waals surface area contributed by atoms with E-state index in [2.05, 4.69) is 10.3 Å². The van der Waals surface area contributed by atoms with Crippen molar-refractivity contribution < 1.29 is 4.39 Å². The van der Waals surface area contributed by atoms with Crippen molar-refractivity contribution in [2.24, 2.45) is 0 Å². The van der Waals surface area contributed by atoms with Crippen LogP contribution in [0.1, 0.15) is 5.56 Å². The molecule has 0 radical (unpaired) electrons. The zero-order valence-corrected chi connectivity index (χ0v) is 11.7. The molecule has 1 heterocycles. The van der Waals surface area contributed by atoms with Gasteiger partial charge in [0, 0.05) is 16.6 Å². The number of rotatable bonds is 3. The summed E-state index contributed by atoms with van der Waals surface area (Å²) in [5, 5.41) is 6.05. The van der Waals surface area contributed by atoms with Crippen LogP contribution in [0.25, 0.3) is 11.3 Å². The van der Waals surface area contributed by atoms with E-state index in [1.807, 2.05) is 41.8 Å². The van der Waals surface area contributed by atoms with Crippen LogP contribution in [0, 0.1) is 12.7 Å². The number of hydrogen-bond acceptors (Lipinski definition) is 3. The van der Waals surface area contributed by atoms with Crippen LogP contribution in [0.3, 0.4) is 0 Å². The summed E-state index contributed by atoms with van der Waals surface area (Å²) in [5.74, 6) is -0.188. The van der Waals surface area contributed by atoms with E-state index in [9.17, 15) is 4.39 Å². The van der Waals surface area contributed by atoms with E-state index >= 15 is 0 Å². The first-order chi connectivity index (χ1) is 9.72. The minimum Gasteiger partial charge on any atom is -0.332 e. The van der Waals surface area contributed by atoms with Crippen LogP contribution < -0.4 is 5.32 Å². The van der Waals surface area contributed by atoms with Crippen molar-refractivity contribution in [1.29, 1.82) is 0 Å². The van der Waals surface area contributed by atoms with Crippen LogP contribution in [0.4, 0.5) is 15.2 Å². The maximum Gasteiger partial charge on any atom is 0.187 e.